The Bertz CT molecular complexity index is 472. The van der Waals surface area contributed by atoms with Crippen LogP contribution in [0.3, 0.4) is 0 Å². The molecule has 0 fully saturated rings. The van der Waals surface area contributed by atoms with Gasteiger partial charge >= 0.3 is 0 Å². The van der Waals surface area contributed by atoms with Crippen LogP contribution < -0.4 is 0 Å². The molecule has 0 amide bonds. The van der Waals surface area contributed by atoms with Crippen molar-refractivity contribution in [3.8, 4) is 11.8 Å². The van der Waals surface area contributed by atoms with Crippen molar-refractivity contribution in [2.45, 2.75) is 6.92 Å². The molecule has 0 saturated heterocycles. The van der Waals surface area contributed by atoms with E-state index >= 15 is 0 Å². The van der Waals surface area contributed by atoms with E-state index in [4.69, 9.17) is 11.6 Å². The second kappa shape index (κ2) is 6.37. The monoisotopic (exact) mass is 252 g/mol. The summed E-state index contributed by atoms with van der Waals surface area (Å²) in [5.74, 6) is 6.12. The lowest BCUT2D eigenvalue weighted by Crippen LogP contribution is -1.84. The molecule has 0 saturated carbocycles. The number of carbonyl (C=O) groups is 2. The van der Waals surface area contributed by atoms with E-state index in [1.807, 2.05) is 0 Å². The van der Waals surface area contributed by atoms with Crippen molar-refractivity contribution in [1.82, 2.24) is 0 Å². The molecule has 0 aliphatic heterocycles. The molecular weight excluding hydrogens is 244 g/mol. The first-order chi connectivity index (χ1) is 7.63. The van der Waals surface area contributed by atoms with E-state index in [0.717, 1.165) is 18.0 Å². The highest BCUT2D eigenvalue weighted by molar-refractivity contribution is 8.13. The average Bonchev–Trinajstić information content (AvgIpc) is 2.25. The van der Waals surface area contributed by atoms with Crippen LogP contribution >= 0.6 is 23.4 Å². The molecule has 0 spiro atoms. The highest BCUT2D eigenvalue weighted by atomic mass is 35.5. The average molecular weight is 253 g/mol. The Labute approximate surface area is 103 Å². The first kappa shape index (κ1) is 12.8. The van der Waals surface area contributed by atoms with E-state index in [1.165, 1.54) is 6.92 Å². The van der Waals surface area contributed by atoms with E-state index in [-0.39, 0.29) is 5.12 Å². The van der Waals surface area contributed by atoms with Crippen molar-refractivity contribution in [3.05, 3.63) is 34.3 Å². The lowest BCUT2D eigenvalue weighted by molar-refractivity contribution is -0.109. The number of thioether (sulfide) groups is 1. The molecule has 2 nitrogen and oxygen atoms in total. The highest BCUT2D eigenvalue weighted by Crippen LogP contribution is 2.16. The molecule has 0 heterocycles. The normalized spacial score (nSPS) is 9.12. The van der Waals surface area contributed by atoms with Gasteiger partial charge in [0.2, 0.25) is 0 Å². The summed E-state index contributed by atoms with van der Waals surface area (Å²) in [6.07, 6.45) is 0.731. The Morgan fingerprint density at radius 1 is 1.56 bits per heavy atom. The van der Waals surface area contributed by atoms with E-state index in [0.29, 0.717) is 21.9 Å². The van der Waals surface area contributed by atoms with Gasteiger partial charge in [-0.25, -0.2) is 0 Å². The quantitative estimate of drug-likeness (QED) is 0.600. The lowest BCUT2D eigenvalue weighted by atomic mass is 10.1. The molecule has 1 rings (SSSR count). The second-order valence-electron chi connectivity index (χ2n) is 2.94. The number of carbonyl (C=O) groups excluding carboxylic acids is 2. The molecule has 0 aliphatic carbocycles. The highest BCUT2D eigenvalue weighted by Gasteiger charge is 1.98. The molecule has 16 heavy (non-hydrogen) atoms. The Morgan fingerprint density at radius 3 is 2.88 bits per heavy atom. The number of hydrogen-bond acceptors (Lipinski definition) is 3. The minimum atomic E-state index is 0.0386. The minimum absolute atomic E-state index is 0.0386. The van der Waals surface area contributed by atoms with Crippen molar-refractivity contribution >= 4 is 34.8 Å². The van der Waals surface area contributed by atoms with Crippen molar-refractivity contribution < 1.29 is 9.59 Å². The molecule has 0 unspecified atom stereocenters. The third-order valence-corrected chi connectivity index (χ3v) is 2.71. The zero-order valence-electron chi connectivity index (χ0n) is 8.62. The van der Waals surface area contributed by atoms with Crippen LogP contribution in [0.2, 0.25) is 5.02 Å². The third-order valence-electron chi connectivity index (χ3n) is 1.70. The second-order valence-corrected chi connectivity index (χ2v) is 4.50. The molecule has 1 aromatic rings. The van der Waals surface area contributed by atoms with Crippen LogP contribution in [0.1, 0.15) is 22.8 Å². The zero-order chi connectivity index (χ0) is 12.0. The zero-order valence-corrected chi connectivity index (χ0v) is 10.2. The van der Waals surface area contributed by atoms with E-state index < -0.39 is 0 Å². The first-order valence-corrected chi connectivity index (χ1v) is 5.87. The van der Waals surface area contributed by atoms with Gasteiger partial charge in [-0.1, -0.05) is 41.3 Å². The number of benzene rings is 1. The van der Waals surface area contributed by atoms with Gasteiger partial charge < -0.3 is 0 Å². The van der Waals surface area contributed by atoms with Crippen molar-refractivity contribution in [3.63, 3.8) is 0 Å². The summed E-state index contributed by atoms with van der Waals surface area (Å²) in [5.41, 5.74) is 1.19. The van der Waals surface area contributed by atoms with E-state index in [9.17, 15) is 9.59 Å². The van der Waals surface area contributed by atoms with Gasteiger partial charge in [0.05, 0.1) is 10.8 Å². The predicted molar refractivity (Wildman–Crippen MR) is 66.9 cm³/mol. The Kier molecular flexibility index (Phi) is 5.10. The van der Waals surface area contributed by atoms with Crippen LogP contribution in [0.5, 0.6) is 0 Å². The molecule has 1 aromatic carbocycles. The molecule has 82 valence electrons. The molecule has 0 radical (unpaired) electrons. The lowest BCUT2D eigenvalue weighted by Gasteiger charge is -1.96. The maximum atomic E-state index is 10.6. The van der Waals surface area contributed by atoms with Gasteiger partial charge in [-0.3, -0.25) is 9.59 Å². The largest absolute Gasteiger partial charge is 0.298 e. The number of aldehydes is 1. The SMILES string of the molecule is CC(=O)SCC#Cc1ccc(C=O)cc1Cl. The fourth-order valence-corrected chi connectivity index (χ4v) is 1.56. The summed E-state index contributed by atoms with van der Waals surface area (Å²) in [5, 5.41) is 0.488. The van der Waals surface area contributed by atoms with Crippen molar-refractivity contribution in [2.75, 3.05) is 5.75 Å². The summed E-state index contributed by atoms with van der Waals surface area (Å²) >= 11 is 7.07. The molecule has 0 atom stereocenters. The van der Waals surface area contributed by atoms with Crippen molar-refractivity contribution in [1.29, 1.82) is 0 Å². The number of rotatable bonds is 2. The van der Waals surface area contributed by atoms with Gasteiger partial charge in [0, 0.05) is 18.1 Å². The van der Waals surface area contributed by atoms with Gasteiger partial charge in [-0.05, 0) is 12.1 Å². The van der Waals surface area contributed by atoms with Crippen LogP contribution in [0, 0.1) is 11.8 Å². The van der Waals surface area contributed by atoms with E-state index in [2.05, 4.69) is 11.8 Å². The number of halogens is 1. The van der Waals surface area contributed by atoms with Crippen LogP contribution in [-0.2, 0) is 4.79 Å². The maximum absolute atomic E-state index is 10.6. The number of hydrogen-bond donors (Lipinski definition) is 0. The van der Waals surface area contributed by atoms with Gasteiger partial charge in [-0.15, -0.1) is 0 Å². The van der Waals surface area contributed by atoms with Crippen LogP contribution in [0.25, 0.3) is 0 Å². The van der Waals surface area contributed by atoms with Gasteiger partial charge in [0.15, 0.2) is 5.12 Å². The van der Waals surface area contributed by atoms with Gasteiger partial charge in [0.1, 0.15) is 6.29 Å². The van der Waals surface area contributed by atoms with Crippen LogP contribution in [-0.4, -0.2) is 17.2 Å². The summed E-state index contributed by atoms with van der Waals surface area (Å²) in [7, 11) is 0. The van der Waals surface area contributed by atoms with Gasteiger partial charge in [-0.2, -0.15) is 0 Å². The summed E-state index contributed by atoms with van der Waals surface area (Å²) in [4.78, 5) is 21.1. The van der Waals surface area contributed by atoms with Crippen molar-refractivity contribution in [2.24, 2.45) is 0 Å². The standard InChI is InChI=1S/C12H9ClO2S/c1-9(15)16-6-2-3-11-5-4-10(8-14)7-12(11)13/h4-5,7-8H,6H2,1H3. The summed E-state index contributed by atoms with van der Waals surface area (Å²) in [6.45, 7) is 1.50. The molecular formula is C12H9ClO2S. The third kappa shape index (κ3) is 4.09. The first-order valence-electron chi connectivity index (χ1n) is 4.50. The van der Waals surface area contributed by atoms with Crippen LogP contribution in [0.15, 0.2) is 18.2 Å². The molecule has 0 bridgehead atoms. The van der Waals surface area contributed by atoms with E-state index in [1.54, 1.807) is 18.2 Å². The van der Waals surface area contributed by atoms with Gasteiger partial charge in [0.25, 0.3) is 0 Å². The topological polar surface area (TPSA) is 34.1 Å². The minimum Gasteiger partial charge on any atom is -0.298 e. The fourth-order valence-electron chi connectivity index (χ4n) is 0.975. The Hall–Kier alpha value is -1.24. The Morgan fingerprint density at radius 2 is 2.31 bits per heavy atom. The smallest absolute Gasteiger partial charge is 0.186 e. The predicted octanol–water partition coefficient (Wildman–Crippen LogP) is 2.78. The van der Waals surface area contributed by atoms with Crippen LogP contribution in [0.4, 0.5) is 0 Å². The molecule has 0 aromatic heterocycles. The molecule has 0 aliphatic rings. The molecule has 0 N–H and O–H groups in total. The fraction of sp³-hybridized carbons (Fsp3) is 0.167. The maximum Gasteiger partial charge on any atom is 0.186 e. The summed E-state index contributed by atoms with van der Waals surface area (Å²) in [6, 6.07) is 4.91. The summed E-state index contributed by atoms with van der Waals surface area (Å²) < 4.78 is 0. The molecule has 4 heteroatoms. The Balaban J connectivity index is 2.73.